The van der Waals surface area contributed by atoms with E-state index in [1.807, 2.05) is 12.4 Å². The summed E-state index contributed by atoms with van der Waals surface area (Å²) >= 11 is 0. The van der Waals surface area contributed by atoms with Gasteiger partial charge < -0.3 is 0 Å². The summed E-state index contributed by atoms with van der Waals surface area (Å²) in [5, 5.41) is 0. The lowest BCUT2D eigenvalue weighted by Crippen LogP contribution is -2.03. The van der Waals surface area contributed by atoms with Crippen molar-refractivity contribution in [3.05, 3.63) is 47.8 Å². The molecular formula is C32H52N2. The first-order chi connectivity index (χ1) is 16.7. The second kappa shape index (κ2) is 17.7. The molecule has 0 fully saturated rings. The van der Waals surface area contributed by atoms with Crippen LogP contribution in [0.2, 0.25) is 0 Å². The summed E-state index contributed by atoms with van der Waals surface area (Å²) in [5.41, 5.74) is 5.03. The monoisotopic (exact) mass is 464 g/mol. The Morgan fingerprint density at radius 1 is 0.500 bits per heavy atom. The quantitative estimate of drug-likeness (QED) is 0.193. The fourth-order valence-electron chi connectivity index (χ4n) is 5.20. The summed E-state index contributed by atoms with van der Waals surface area (Å²) in [6, 6.07) is 9.21. The highest BCUT2D eigenvalue weighted by Gasteiger charge is 2.16. The molecule has 34 heavy (non-hydrogen) atoms. The molecule has 0 aliphatic rings. The van der Waals surface area contributed by atoms with E-state index in [9.17, 15) is 0 Å². The van der Waals surface area contributed by atoms with Gasteiger partial charge in [0.05, 0.1) is 11.4 Å². The zero-order valence-electron chi connectivity index (χ0n) is 22.8. The number of hydrogen-bond acceptors (Lipinski definition) is 2. The minimum Gasteiger partial charge on any atom is -0.255 e. The number of aromatic nitrogens is 2. The van der Waals surface area contributed by atoms with Crippen LogP contribution in [0, 0.1) is 0 Å². The van der Waals surface area contributed by atoms with Crippen LogP contribution in [0.4, 0.5) is 0 Å². The van der Waals surface area contributed by atoms with Crippen molar-refractivity contribution >= 4 is 0 Å². The lowest BCUT2D eigenvalue weighted by Gasteiger charge is -2.19. The van der Waals surface area contributed by atoms with Crippen LogP contribution in [0.25, 0.3) is 11.4 Å². The molecule has 190 valence electrons. The minimum atomic E-state index is 0.652. The fraction of sp³-hybridized carbons (Fsp3) is 0.688. The van der Waals surface area contributed by atoms with Crippen molar-refractivity contribution in [3.8, 4) is 11.4 Å². The van der Waals surface area contributed by atoms with Gasteiger partial charge in [-0.1, -0.05) is 105 Å². The van der Waals surface area contributed by atoms with Crippen molar-refractivity contribution in [3.63, 3.8) is 0 Å². The van der Waals surface area contributed by atoms with Crippen LogP contribution < -0.4 is 0 Å². The smallest absolute Gasteiger partial charge is 0.0889 e. The first kappa shape index (κ1) is 28.5. The number of rotatable bonds is 19. The van der Waals surface area contributed by atoms with E-state index in [4.69, 9.17) is 9.97 Å². The lowest BCUT2D eigenvalue weighted by molar-refractivity contribution is 0.506. The average molecular weight is 465 g/mol. The summed E-state index contributed by atoms with van der Waals surface area (Å²) in [7, 11) is 0. The van der Waals surface area contributed by atoms with Gasteiger partial charge in [-0.25, -0.2) is 0 Å². The number of nitrogens with zero attached hydrogens (tertiary/aromatic N) is 2. The molecule has 2 rings (SSSR count). The van der Waals surface area contributed by atoms with Gasteiger partial charge in [0.2, 0.25) is 0 Å². The molecule has 0 N–H and O–H groups in total. The number of unbranched alkanes of at least 4 members (excludes halogenated alkanes) is 8. The Balaban J connectivity index is 2.21. The van der Waals surface area contributed by atoms with E-state index in [2.05, 4.69) is 52.0 Å². The molecule has 0 aromatic carbocycles. The second-order valence-corrected chi connectivity index (χ2v) is 10.3. The number of hydrogen-bond donors (Lipinski definition) is 0. The molecule has 0 spiro atoms. The molecule has 0 amide bonds. The van der Waals surface area contributed by atoms with Gasteiger partial charge in [0.25, 0.3) is 0 Å². The Bertz CT molecular complexity index is 684. The molecule has 0 bridgehead atoms. The van der Waals surface area contributed by atoms with Gasteiger partial charge >= 0.3 is 0 Å². The molecule has 0 saturated carbocycles. The maximum Gasteiger partial charge on any atom is 0.0889 e. The molecule has 0 aliphatic carbocycles. The average Bonchev–Trinajstić information content (AvgIpc) is 2.87. The van der Waals surface area contributed by atoms with E-state index >= 15 is 0 Å². The minimum absolute atomic E-state index is 0.652. The van der Waals surface area contributed by atoms with E-state index in [-0.39, 0.29) is 0 Å². The van der Waals surface area contributed by atoms with Crippen LogP contribution in [-0.4, -0.2) is 9.97 Å². The largest absolute Gasteiger partial charge is 0.255 e. The van der Waals surface area contributed by atoms with Gasteiger partial charge in [-0.15, -0.1) is 0 Å². The molecule has 2 aromatic heterocycles. The molecule has 0 radical (unpaired) electrons. The molecule has 2 aromatic rings. The van der Waals surface area contributed by atoms with Crippen LogP contribution in [-0.2, 0) is 0 Å². The normalized spacial score (nSPS) is 11.6. The van der Waals surface area contributed by atoms with Crippen molar-refractivity contribution < 1.29 is 0 Å². The summed E-state index contributed by atoms with van der Waals surface area (Å²) < 4.78 is 0. The van der Waals surface area contributed by atoms with Crippen molar-refractivity contribution in [2.45, 2.75) is 142 Å². The Morgan fingerprint density at radius 3 is 1.12 bits per heavy atom. The molecule has 0 saturated heterocycles. The van der Waals surface area contributed by atoms with Gasteiger partial charge in [0.15, 0.2) is 0 Å². The third kappa shape index (κ3) is 10.3. The maximum atomic E-state index is 4.77. The van der Waals surface area contributed by atoms with Crippen molar-refractivity contribution in [1.29, 1.82) is 0 Å². The third-order valence-corrected chi connectivity index (χ3v) is 7.40. The van der Waals surface area contributed by atoms with Gasteiger partial charge in [-0.05, 0) is 72.9 Å². The molecule has 0 aliphatic heterocycles. The zero-order valence-corrected chi connectivity index (χ0v) is 22.8. The standard InChI is InChI=1S/C32H52N2/c1-5-9-13-17-27(18-14-10-6-2)29-21-23-33-31(25-29)32-26-30(22-24-34-32)28(19-15-11-7-3)20-16-12-8-4/h21-28H,5-20H2,1-4H3. The highest BCUT2D eigenvalue weighted by atomic mass is 14.8. The van der Waals surface area contributed by atoms with Crippen LogP contribution in [0.5, 0.6) is 0 Å². The highest BCUT2D eigenvalue weighted by Crippen LogP contribution is 2.32. The summed E-state index contributed by atoms with van der Waals surface area (Å²) in [4.78, 5) is 9.55. The first-order valence-corrected chi connectivity index (χ1v) is 14.7. The van der Waals surface area contributed by atoms with Crippen LogP contribution in [0.3, 0.4) is 0 Å². The lowest BCUT2D eigenvalue weighted by atomic mass is 9.87. The highest BCUT2D eigenvalue weighted by molar-refractivity contribution is 5.56. The Kier molecular flexibility index (Phi) is 14.9. The second-order valence-electron chi connectivity index (χ2n) is 10.3. The predicted molar refractivity (Wildman–Crippen MR) is 150 cm³/mol. The Morgan fingerprint density at radius 2 is 0.824 bits per heavy atom. The van der Waals surface area contributed by atoms with Gasteiger partial charge in [0.1, 0.15) is 0 Å². The maximum absolute atomic E-state index is 4.77. The van der Waals surface area contributed by atoms with Gasteiger partial charge in [-0.2, -0.15) is 0 Å². The van der Waals surface area contributed by atoms with Crippen molar-refractivity contribution in [2.75, 3.05) is 0 Å². The number of pyridine rings is 2. The first-order valence-electron chi connectivity index (χ1n) is 14.7. The van der Waals surface area contributed by atoms with E-state index in [1.165, 1.54) is 114 Å². The summed E-state index contributed by atoms with van der Waals surface area (Å²) in [6.07, 6.45) is 25.0. The summed E-state index contributed by atoms with van der Waals surface area (Å²) in [5.74, 6) is 1.30. The third-order valence-electron chi connectivity index (χ3n) is 7.40. The molecule has 0 atom stereocenters. The van der Waals surface area contributed by atoms with Crippen LogP contribution >= 0.6 is 0 Å². The predicted octanol–water partition coefficient (Wildman–Crippen LogP) is 10.6. The molecule has 0 unspecified atom stereocenters. The molecule has 2 heterocycles. The van der Waals surface area contributed by atoms with E-state index in [0.29, 0.717) is 11.8 Å². The Labute approximate surface area is 211 Å². The van der Waals surface area contributed by atoms with Crippen molar-refractivity contribution in [1.82, 2.24) is 9.97 Å². The fourth-order valence-corrected chi connectivity index (χ4v) is 5.20. The topological polar surface area (TPSA) is 25.8 Å². The van der Waals surface area contributed by atoms with Crippen LogP contribution in [0.15, 0.2) is 36.7 Å². The summed E-state index contributed by atoms with van der Waals surface area (Å²) in [6.45, 7) is 9.19. The van der Waals surface area contributed by atoms with E-state index < -0.39 is 0 Å². The van der Waals surface area contributed by atoms with Crippen LogP contribution in [0.1, 0.15) is 153 Å². The van der Waals surface area contributed by atoms with Gasteiger partial charge in [0, 0.05) is 12.4 Å². The SMILES string of the molecule is CCCCCC(CCCCC)c1ccnc(-c2cc(C(CCCCC)CCCCC)ccn2)c1. The molecule has 2 heteroatoms. The van der Waals surface area contributed by atoms with Crippen molar-refractivity contribution in [2.24, 2.45) is 0 Å². The zero-order chi connectivity index (χ0) is 24.4. The Hall–Kier alpha value is -1.70. The van der Waals surface area contributed by atoms with Gasteiger partial charge in [-0.3, -0.25) is 9.97 Å². The molecule has 2 nitrogen and oxygen atoms in total. The molecular weight excluding hydrogens is 412 g/mol. The van der Waals surface area contributed by atoms with E-state index in [0.717, 1.165) is 11.4 Å². The van der Waals surface area contributed by atoms with E-state index in [1.54, 1.807) is 0 Å².